The van der Waals surface area contributed by atoms with Gasteiger partial charge in [-0.05, 0) is 44.2 Å². The third-order valence-corrected chi connectivity index (χ3v) is 5.28. The number of carbonyl (C=O) groups is 1. The van der Waals surface area contributed by atoms with Crippen LogP contribution < -0.4 is 0 Å². The van der Waals surface area contributed by atoms with Gasteiger partial charge >= 0.3 is 5.97 Å². The van der Waals surface area contributed by atoms with E-state index in [1.165, 1.54) is 0 Å². The van der Waals surface area contributed by atoms with Crippen molar-refractivity contribution in [2.24, 2.45) is 0 Å². The number of hydrogen-bond donors (Lipinski definition) is 1. The zero-order valence-electron chi connectivity index (χ0n) is 15.0. The number of ether oxygens (including phenoxy) is 1. The molecule has 1 heterocycles. The number of fused-ring (bicyclic) bond motifs is 3. The molecular formula is C22H18BrNO3. The summed E-state index contributed by atoms with van der Waals surface area (Å²) in [6.45, 7) is 3.98. The number of benzene rings is 3. The van der Waals surface area contributed by atoms with Crippen molar-refractivity contribution in [3.05, 3.63) is 70.3 Å². The predicted octanol–water partition coefficient (Wildman–Crippen LogP) is 5.74. The van der Waals surface area contributed by atoms with E-state index < -0.39 is 0 Å². The third kappa shape index (κ3) is 2.79. The highest BCUT2D eigenvalue weighted by Gasteiger charge is 2.24. The van der Waals surface area contributed by atoms with Crippen molar-refractivity contribution in [2.75, 3.05) is 6.61 Å². The Bertz CT molecular complexity index is 1180. The van der Waals surface area contributed by atoms with Gasteiger partial charge in [0.25, 0.3) is 0 Å². The Morgan fingerprint density at radius 3 is 2.41 bits per heavy atom. The summed E-state index contributed by atoms with van der Waals surface area (Å²) < 4.78 is 8.33. The molecule has 4 rings (SSSR count). The number of rotatable bonds is 3. The first-order valence-electron chi connectivity index (χ1n) is 8.71. The van der Waals surface area contributed by atoms with E-state index in [-0.39, 0.29) is 11.7 Å². The number of halogens is 1. The SMILES string of the molecule is CCOC(=O)c1c(C)n(-c2ccc(Br)cc2)c2c1cc(O)c1ccccc12. The van der Waals surface area contributed by atoms with Gasteiger partial charge in [0.2, 0.25) is 0 Å². The lowest BCUT2D eigenvalue weighted by Crippen LogP contribution is -2.07. The fourth-order valence-corrected chi connectivity index (χ4v) is 3.88. The van der Waals surface area contributed by atoms with Gasteiger partial charge in [-0.15, -0.1) is 0 Å². The van der Waals surface area contributed by atoms with Crippen LogP contribution >= 0.6 is 15.9 Å². The highest BCUT2D eigenvalue weighted by molar-refractivity contribution is 9.10. The molecule has 136 valence electrons. The molecule has 0 radical (unpaired) electrons. The Kier molecular flexibility index (Phi) is 4.40. The monoisotopic (exact) mass is 423 g/mol. The predicted molar refractivity (Wildman–Crippen MR) is 111 cm³/mol. The first kappa shape index (κ1) is 17.6. The summed E-state index contributed by atoms with van der Waals surface area (Å²) >= 11 is 3.47. The summed E-state index contributed by atoms with van der Waals surface area (Å²) in [5.74, 6) is -0.234. The standard InChI is InChI=1S/C22H18BrNO3/c1-3-27-22(26)20-13(2)24(15-10-8-14(23)9-11-15)21-17-7-5-4-6-16(17)19(25)12-18(20)21/h4-12,25H,3H2,1-2H3. The average Bonchev–Trinajstić information content (AvgIpc) is 2.95. The maximum absolute atomic E-state index is 12.7. The number of carbonyl (C=O) groups excluding carboxylic acids is 1. The van der Waals surface area contributed by atoms with E-state index in [2.05, 4.69) is 20.5 Å². The molecule has 0 spiro atoms. The van der Waals surface area contributed by atoms with Gasteiger partial charge in [-0.2, -0.15) is 0 Å². The number of aromatic nitrogens is 1. The van der Waals surface area contributed by atoms with Gasteiger partial charge in [0, 0.05) is 32.0 Å². The quantitative estimate of drug-likeness (QED) is 0.427. The van der Waals surface area contributed by atoms with Crippen molar-refractivity contribution in [2.45, 2.75) is 13.8 Å². The van der Waals surface area contributed by atoms with Crippen molar-refractivity contribution in [3.63, 3.8) is 0 Å². The minimum atomic E-state index is -0.384. The maximum atomic E-state index is 12.7. The van der Waals surface area contributed by atoms with Gasteiger partial charge in [0.1, 0.15) is 5.75 Å². The van der Waals surface area contributed by atoms with Crippen LogP contribution in [0.5, 0.6) is 5.75 Å². The first-order chi connectivity index (χ1) is 13.0. The number of esters is 1. The van der Waals surface area contributed by atoms with E-state index in [0.717, 1.165) is 32.1 Å². The van der Waals surface area contributed by atoms with Gasteiger partial charge < -0.3 is 14.4 Å². The first-order valence-corrected chi connectivity index (χ1v) is 9.51. The molecule has 1 N–H and O–H groups in total. The number of phenols is 1. The molecule has 1 aromatic heterocycles. The average molecular weight is 424 g/mol. The van der Waals surface area contributed by atoms with E-state index >= 15 is 0 Å². The number of hydrogen-bond acceptors (Lipinski definition) is 3. The topological polar surface area (TPSA) is 51.5 Å². The molecule has 4 aromatic rings. The number of nitrogens with zero attached hydrogens (tertiary/aromatic N) is 1. The molecular weight excluding hydrogens is 406 g/mol. The minimum absolute atomic E-state index is 0.150. The molecule has 0 bridgehead atoms. The van der Waals surface area contributed by atoms with E-state index in [9.17, 15) is 9.90 Å². The fourth-order valence-electron chi connectivity index (χ4n) is 3.62. The lowest BCUT2D eigenvalue weighted by molar-refractivity contribution is 0.0527. The van der Waals surface area contributed by atoms with Gasteiger partial charge in [0.15, 0.2) is 0 Å². The molecule has 0 atom stereocenters. The van der Waals surface area contributed by atoms with Crippen LogP contribution in [0.15, 0.2) is 59.1 Å². The molecule has 0 aliphatic heterocycles. The van der Waals surface area contributed by atoms with Crippen molar-refractivity contribution < 1.29 is 14.6 Å². The second-order valence-electron chi connectivity index (χ2n) is 6.33. The Morgan fingerprint density at radius 1 is 1.07 bits per heavy atom. The molecule has 0 fully saturated rings. The lowest BCUT2D eigenvalue weighted by atomic mass is 10.0. The van der Waals surface area contributed by atoms with Crippen LogP contribution in [0.1, 0.15) is 23.0 Å². The summed E-state index contributed by atoms with van der Waals surface area (Å²) in [6.07, 6.45) is 0. The third-order valence-electron chi connectivity index (χ3n) is 4.75. The number of phenolic OH excluding ortho intramolecular Hbond substituents is 1. The Labute approximate surface area is 165 Å². The minimum Gasteiger partial charge on any atom is -0.507 e. The molecule has 0 amide bonds. The van der Waals surface area contributed by atoms with Crippen molar-refractivity contribution in [1.82, 2.24) is 4.57 Å². The summed E-state index contributed by atoms with van der Waals surface area (Å²) in [7, 11) is 0. The fraction of sp³-hybridized carbons (Fsp3) is 0.136. The molecule has 0 saturated heterocycles. The Hall–Kier alpha value is -2.79. The number of aromatic hydroxyl groups is 1. The van der Waals surface area contributed by atoms with Crippen LogP contribution in [0.2, 0.25) is 0 Å². The van der Waals surface area contributed by atoms with Crippen LogP contribution in [-0.2, 0) is 4.74 Å². The normalized spacial score (nSPS) is 11.2. The smallest absolute Gasteiger partial charge is 0.340 e. The zero-order valence-corrected chi connectivity index (χ0v) is 16.6. The Balaban J connectivity index is 2.18. The molecule has 5 heteroatoms. The molecule has 0 saturated carbocycles. The van der Waals surface area contributed by atoms with Gasteiger partial charge in [0.05, 0.1) is 17.7 Å². The molecule has 0 unspecified atom stereocenters. The molecule has 3 aromatic carbocycles. The van der Waals surface area contributed by atoms with E-state index in [0.29, 0.717) is 17.6 Å². The maximum Gasteiger partial charge on any atom is 0.340 e. The van der Waals surface area contributed by atoms with Crippen LogP contribution in [0.3, 0.4) is 0 Å². The molecule has 4 nitrogen and oxygen atoms in total. The summed E-state index contributed by atoms with van der Waals surface area (Å²) in [5, 5.41) is 12.9. The highest BCUT2D eigenvalue weighted by Crippen LogP contribution is 2.39. The molecule has 0 aliphatic rings. The molecule has 27 heavy (non-hydrogen) atoms. The zero-order chi connectivity index (χ0) is 19.1. The van der Waals surface area contributed by atoms with Crippen LogP contribution in [0.25, 0.3) is 27.4 Å². The largest absolute Gasteiger partial charge is 0.507 e. The van der Waals surface area contributed by atoms with Crippen molar-refractivity contribution in [3.8, 4) is 11.4 Å². The van der Waals surface area contributed by atoms with Crippen molar-refractivity contribution in [1.29, 1.82) is 0 Å². The van der Waals surface area contributed by atoms with E-state index in [4.69, 9.17) is 4.74 Å². The Morgan fingerprint density at radius 2 is 1.74 bits per heavy atom. The van der Waals surface area contributed by atoms with E-state index in [1.54, 1.807) is 13.0 Å². The van der Waals surface area contributed by atoms with Crippen LogP contribution in [0, 0.1) is 6.92 Å². The molecule has 0 aliphatic carbocycles. The summed E-state index contributed by atoms with van der Waals surface area (Å²) in [4.78, 5) is 12.7. The van der Waals surface area contributed by atoms with E-state index in [1.807, 2.05) is 55.5 Å². The summed E-state index contributed by atoms with van der Waals surface area (Å²) in [5.41, 5.74) is 3.08. The van der Waals surface area contributed by atoms with Gasteiger partial charge in [-0.1, -0.05) is 40.2 Å². The van der Waals surface area contributed by atoms with Crippen LogP contribution in [-0.4, -0.2) is 22.2 Å². The second kappa shape index (κ2) is 6.74. The van der Waals surface area contributed by atoms with Gasteiger partial charge in [-0.3, -0.25) is 0 Å². The van der Waals surface area contributed by atoms with Gasteiger partial charge in [-0.25, -0.2) is 4.79 Å². The lowest BCUT2D eigenvalue weighted by Gasteiger charge is -2.11. The summed E-state index contributed by atoms with van der Waals surface area (Å²) in [6, 6.07) is 17.2. The highest BCUT2D eigenvalue weighted by atomic mass is 79.9. The second-order valence-corrected chi connectivity index (χ2v) is 7.25. The van der Waals surface area contributed by atoms with Crippen molar-refractivity contribution >= 4 is 43.6 Å². The van der Waals surface area contributed by atoms with Crippen LogP contribution in [0.4, 0.5) is 0 Å².